The zero-order chi connectivity index (χ0) is 19.4. The number of para-hydroxylation sites is 2. The second kappa shape index (κ2) is 7.86. The average molecular weight is 363 g/mol. The van der Waals surface area contributed by atoms with Crippen molar-refractivity contribution in [2.24, 2.45) is 0 Å². The summed E-state index contributed by atoms with van der Waals surface area (Å²) in [5.74, 6) is -0.174. The molecule has 0 unspecified atom stereocenters. The highest BCUT2D eigenvalue weighted by molar-refractivity contribution is 6.06. The number of rotatable bonds is 5. The second-order valence-corrected chi connectivity index (χ2v) is 5.98. The van der Waals surface area contributed by atoms with E-state index in [0.29, 0.717) is 12.2 Å². The van der Waals surface area contributed by atoms with Crippen molar-refractivity contribution < 1.29 is 9.53 Å². The first-order valence-corrected chi connectivity index (χ1v) is 8.68. The van der Waals surface area contributed by atoms with E-state index in [0.717, 1.165) is 11.3 Å². The number of anilines is 1. The van der Waals surface area contributed by atoms with Crippen molar-refractivity contribution >= 4 is 11.6 Å². The van der Waals surface area contributed by atoms with Gasteiger partial charge in [0, 0.05) is 12.2 Å². The zero-order valence-corrected chi connectivity index (χ0v) is 15.5. The molecule has 6 heteroatoms. The van der Waals surface area contributed by atoms with E-state index in [2.05, 4.69) is 5.10 Å². The van der Waals surface area contributed by atoms with Gasteiger partial charge in [-0.2, -0.15) is 9.78 Å². The summed E-state index contributed by atoms with van der Waals surface area (Å²) in [7, 11) is 1.42. The first-order valence-electron chi connectivity index (χ1n) is 8.68. The highest BCUT2D eigenvalue weighted by Crippen LogP contribution is 2.21. The van der Waals surface area contributed by atoms with E-state index in [1.807, 2.05) is 62.4 Å². The average Bonchev–Trinajstić information content (AvgIpc) is 2.69. The SMILES string of the molecule is CCN(C(=O)c1nn(-c2ccccc2C)c(=O)cc1OC)c1ccccc1. The fraction of sp³-hybridized carbons (Fsp3) is 0.190. The number of nitrogens with zero attached hydrogens (tertiary/aromatic N) is 3. The molecular weight excluding hydrogens is 342 g/mol. The molecule has 0 atom stereocenters. The van der Waals surface area contributed by atoms with Crippen LogP contribution in [0.25, 0.3) is 5.69 Å². The number of amides is 1. The fourth-order valence-corrected chi connectivity index (χ4v) is 2.90. The summed E-state index contributed by atoms with van der Waals surface area (Å²) in [6, 6.07) is 18.0. The summed E-state index contributed by atoms with van der Waals surface area (Å²) in [6.45, 7) is 4.23. The Balaban J connectivity index is 2.14. The lowest BCUT2D eigenvalue weighted by atomic mass is 10.2. The van der Waals surface area contributed by atoms with E-state index in [1.165, 1.54) is 17.9 Å². The van der Waals surface area contributed by atoms with Gasteiger partial charge in [0.2, 0.25) is 0 Å². The minimum atomic E-state index is -0.361. The third kappa shape index (κ3) is 3.60. The molecule has 0 N–H and O–H groups in total. The number of carbonyl (C=O) groups is 1. The van der Waals surface area contributed by atoms with Crippen LogP contribution in [0.5, 0.6) is 5.75 Å². The summed E-state index contributed by atoms with van der Waals surface area (Å²) in [5.41, 5.74) is 1.99. The molecule has 1 aromatic heterocycles. The summed E-state index contributed by atoms with van der Waals surface area (Å²) in [5, 5.41) is 4.36. The molecule has 0 saturated carbocycles. The van der Waals surface area contributed by atoms with Crippen LogP contribution < -0.4 is 15.2 Å². The van der Waals surface area contributed by atoms with E-state index in [4.69, 9.17) is 4.74 Å². The molecule has 2 aromatic carbocycles. The monoisotopic (exact) mass is 363 g/mol. The van der Waals surface area contributed by atoms with Crippen LogP contribution in [-0.2, 0) is 0 Å². The van der Waals surface area contributed by atoms with E-state index < -0.39 is 0 Å². The van der Waals surface area contributed by atoms with Crippen molar-refractivity contribution in [3.8, 4) is 11.4 Å². The molecule has 0 aliphatic carbocycles. The Morgan fingerprint density at radius 2 is 1.78 bits per heavy atom. The Kier molecular flexibility index (Phi) is 5.35. The highest BCUT2D eigenvalue weighted by atomic mass is 16.5. The first-order chi connectivity index (χ1) is 13.1. The lowest BCUT2D eigenvalue weighted by Gasteiger charge is -2.22. The largest absolute Gasteiger partial charge is 0.494 e. The normalized spacial score (nSPS) is 10.5. The minimum absolute atomic E-state index is 0.0889. The molecule has 0 spiro atoms. The predicted molar refractivity (Wildman–Crippen MR) is 105 cm³/mol. The van der Waals surface area contributed by atoms with Gasteiger partial charge in [-0.3, -0.25) is 9.59 Å². The van der Waals surface area contributed by atoms with Crippen molar-refractivity contribution in [3.05, 3.63) is 82.3 Å². The first kappa shape index (κ1) is 18.4. The molecule has 27 heavy (non-hydrogen) atoms. The molecule has 0 radical (unpaired) electrons. The number of carbonyl (C=O) groups excluding carboxylic acids is 1. The van der Waals surface area contributed by atoms with Gasteiger partial charge < -0.3 is 9.64 Å². The molecule has 1 amide bonds. The Labute approximate surface area is 157 Å². The van der Waals surface area contributed by atoms with Crippen LogP contribution in [-0.4, -0.2) is 29.3 Å². The summed E-state index contributed by atoms with van der Waals surface area (Å²) in [6.07, 6.45) is 0. The second-order valence-electron chi connectivity index (χ2n) is 5.98. The fourth-order valence-electron chi connectivity index (χ4n) is 2.90. The summed E-state index contributed by atoms with van der Waals surface area (Å²) < 4.78 is 6.52. The Morgan fingerprint density at radius 3 is 2.41 bits per heavy atom. The molecule has 1 heterocycles. The maximum atomic E-state index is 13.2. The maximum absolute atomic E-state index is 13.2. The quantitative estimate of drug-likeness (QED) is 0.698. The summed E-state index contributed by atoms with van der Waals surface area (Å²) in [4.78, 5) is 27.3. The predicted octanol–water partition coefficient (Wildman–Crippen LogP) is 3.22. The van der Waals surface area contributed by atoms with Crippen molar-refractivity contribution in [1.29, 1.82) is 0 Å². The van der Waals surface area contributed by atoms with Gasteiger partial charge in [0.05, 0.1) is 18.9 Å². The minimum Gasteiger partial charge on any atom is -0.494 e. The lowest BCUT2D eigenvalue weighted by Crippen LogP contribution is -2.34. The van der Waals surface area contributed by atoms with E-state index in [1.54, 1.807) is 11.0 Å². The smallest absolute Gasteiger partial charge is 0.282 e. The van der Waals surface area contributed by atoms with Gasteiger partial charge >= 0.3 is 0 Å². The summed E-state index contributed by atoms with van der Waals surface area (Å²) >= 11 is 0. The van der Waals surface area contributed by atoms with Crippen molar-refractivity contribution in [1.82, 2.24) is 9.78 Å². The number of benzene rings is 2. The zero-order valence-electron chi connectivity index (χ0n) is 15.5. The van der Waals surface area contributed by atoms with Gasteiger partial charge in [0.15, 0.2) is 11.4 Å². The van der Waals surface area contributed by atoms with Crippen molar-refractivity contribution in [2.75, 3.05) is 18.6 Å². The Hall–Kier alpha value is -3.41. The highest BCUT2D eigenvalue weighted by Gasteiger charge is 2.24. The molecule has 0 bridgehead atoms. The van der Waals surface area contributed by atoms with Crippen LogP contribution in [0, 0.1) is 6.92 Å². The lowest BCUT2D eigenvalue weighted by molar-refractivity contribution is 0.0978. The molecule has 0 aliphatic heterocycles. The van der Waals surface area contributed by atoms with E-state index in [-0.39, 0.29) is 22.9 Å². The van der Waals surface area contributed by atoms with Crippen LogP contribution in [0.3, 0.4) is 0 Å². The third-order valence-electron chi connectivity index (χ3n) is 4.29. The van der Waals surface area contributed by atoms with Gasteiger partial charge in [-0.05, 0) is 37.6 Å². The number of methoxy groups -OCH3 is 1. The van der Waals surface area contributed by atoms with Crippen LogP contribution in [0.2, 0.25) is 0 Å². The van der Waals surface area contributed by atoms with E-state index in [9.17, 15) is 9.59 Å². The standard InChI is InChI=1S/C21H21N3O3/c1-4-23(16-11-6-5-7-12-16)21(26)20-18(27-3)14-19(25)24(22-20)17-13-9-8-10-15(17)2/h5-14H,4H2,1-3H3. The topological polar surface area (TPSA) is 64.4 Å². The molecule has 0 aliphatic rings. The van der Waals surface area contributed by atoms with Gasteiger partial charge in [-0.1, -0.05) is 36.4 Å². The van der Waals surface area contributed by atoms with Gasteiger partial charge in [0.25, 0.3) is 11.5 Å². The Bertz CT molecular complexity index is 1010. The maximum Gasteiger partial charge on any atom is 0.282 e. The molecule has 3 aromatic rings. The third-order valence-corrected chi connectivity index (χ3v) is 4.29. The van der Waals surface area contributed by atoms with Crippen LogP contribution >= 0.6 is 0 Å². The molecule has 0 fully saturated rings. The number of hydrogen-bond acceptors (Lipinski definition) is 4. The molecule has 138 valence electrons. The molecule has 3 rings (SSSR count). The molecule has 0 saturated heterocycles. The van der Waals surface area contributed by atoms with Gasteiger partial charge in [-0.25, -0.2) is 0 Å². The van der Waals surface area contributed by atoms with Crippen molar-refractivity contribution in [3.63, 3.8) is 0 Å². The number of aromatic nitrogens is 2. The number of ether oxygens (including phenoxy) is 1. The van der Waals surface area contributed by atoms with Crippen LogP contribution in [0.15, 0.2) is 65.5 Å². The van der Waals surface area contributed by atoms with Crippen LogP contribution in [0.4, 0.5) is 5.69 Å². The van der Waals surface area contributed by atoms with Gasteiger partial charge in [-0.15, -0.1) is 0 Å². The van der Waals surface area contributed by atoms with E-state index >= 15 is 0 Å². The number of hydrogen-bond donors (Lipinski definition) is 0. The van der Waals surface area contributed by atoms with Crippen LogP contribution in [0.1, 0.15) is 23.0 Å². The van der Waals surface area contributed by atoms with Gasteiger partial charge in [0.1, 0.15) is 0 Å². The molecular formula is C21H21N3O3. The van der Waals surface area contributed by atoms with Crippen molar-refractivity contribution in [2.45, 2.75) is 13.8 Å². The Morgan fingerprint density at radius 1 is 1.11 bits per heavy atom. The number of aryl methyl sites for hydroxylation is 1. The molecule has 6 nitrogen and oxygen atoms in total.